The summed E-state index contributed by atoms with van der Waals surface area (Å²) in [5.41, 5.74) is -0.0276. The van der Waals surface area contributed by atoms with Crippen LogP contribution in [-0.4, -0.2) is 26.0 Å². The number of carboxylic acid groups (broad SMARTS) is 1. The molecule has 7 heteroatoms. The van der Waals surface area contributed by atoms with Crippen molar-refractivity contribution in [2.75, 3.05) is 6.54 Å². The minimum absolute atomic E-state index is 0.0276. The van der Waals surface area contributed by atoms with Gasteiger partial charge in [-0.15, -0.1) is 0 Å². The fraction of sp³-hybridized carbons (Fsp3) is 0.615. The number of sulfonamides is 1. The molecular weight excluding hydrogens is 282 g/mol. The van der Waals surface area contributed by atoms with Crippen LogP contribution in [0.1, 0.15) is 44.0 Å². The molecule has 1 rings (SSSR count). The maximum Gasteiger partial charge on any atom is 0.371 e. The maximum atomic E-state index is 12.2. The van der Waals surface area contributed by atoms with Gasteiger partial charge in [0, 0.05) is 12.6 Å². The first-order chi connectivity index (χ1) is 8.95. The lowest BCUT2D eigenvalue weighted by molar-refractivity contribution is 0.0661. The molecule has 0 aromatic carbocycles. The first-order valence-corrected chi connectivity index (χ1v) is 7.77. The van der Waals surface area contributed by atoms with Crippen molar-refractivity contribution in [3.05, 3.63) is 17.6 Å². The number of rotatable bonds is 5. The van der Waals surface area contributed by atoms with Crippen LogP contribution in [0.2, 0.25) is 0 Å². The highest BCUT2D eigenvalue weighted by Gasteiger charge is 2.26. The van der Waals surface area contributed by atoms with Gasteiger partial charge in [0.05, 0.1) is 0 Å². The van der Waals surface area contributed by atoms with Crippen molar-refractivity contribution < 1.29 is 22.7 Å². The number of carbonyl (C=O) groups is 1. The van der Waals surface area contributed by atoms with E-state index in [1.165, 1.54) is 6.92 Å². The Bertz CT molecular complexity index is 595. The number of hydrogen-bond donors (Lipinski definition) is 2. The summed E-state index contributed by atoms with van der Waals surface area (Å²) in [4.78, 5) is 10.7. The molecule has 0 aliphatic rings. The monoisotopic (exact) mass is 303 g/mol. The Labute approximate surface area is 119 Å². The summed E-state index contributed by atoms with van der Waals surface area (Å²) in [5.74, 6) is -1.48. The zero-order valence-corrected chi connectivity index (χ0v) is 13.2. The van der Waals surface area contributed by atoms with Gasteiger partial charge in [0.15, 0.2) is 0 Å². The van der Waals surface area contributed by atoms with Gasteiger partial charge < -0.3 is 9.52 Å². The van der Waals surface area contributed by atoms with E-state index in [0.29, 0.717) is 0 Å². The standard InChI is InChI=1S/C13H21NO5S/c1-8(13(3,4)5)7-14-20(17,18)11-6-10(12(15)16)19-9(11)2/h6,8,14H,7H2,1-5H3,(H,15,16). The van der Waals surface area contributed by atoms with Gasteiger partial charge in [-0.3, -0.25) is 0 Å². The van der Waals surface area contributed by atoms with E-state index in [2.05, 4.69) is 4.72 Å². The van der Waals surface area contributed by atoms with Crippen LogP contribution in [0.5, 0.6) is 0 Å². The number of hydrogen-bond acceptors (Lipinski definition) is 4. The largest absolute Gasteiger partial charge is 0.475 e. The first kappa shape index (κ1) is 16.7. The summed E-state index contributed by atoms with van der Waals surface area (Å²) in [6.07, 6.45) is 0. The molecule has 6 nitrogen and oxygen atoms in total. The second kappa shape index (κ2) is 5.57. The Kier molecular flexibility index (Phi) is 4.66. The smallest absolute Gasteiger partial charge is 0.371 e. The summed E-state index contributed by atoms with van der Waals surface area (Å²) in [5, 5.41) is 8.80. The average Bonchev–Trinajstić information content (AvgIpc) is 2.68. The number of aryl methyl sites for hydroxylation is 1. The highest BCUT2D eigenvalue weighted by molar-refractivity contribution is 7.89. The lowest BCUT2D eigenvalue weighted by atomic mass is 9.82. The van der Waals surface area contributed by atoms with Gasteiger partial charge in [-0.2, -0.15) is 0 Å². The fourth-order valence-corrected chi connectivity index (χ4v) is 2.76. The van der Waals surface area contributed by atoms with Crippen LogP contribution in [0, 0.1) is 18.3 Å². The second-order valence-electron chi connectivity index (χ2n) is 5.96. The van der Waals surface area contributed by atoms with Crippen molar-refractivity contribution >= 4 is 16.0 Å². The molecule has 1 heterocycles. The molecule has 2 N–H and O–H groups in total. The van der Waals surface area contributed by atoms with Gasteiger partial charge >= 0.3 is 5.97 Å². The lowest BCUT2D eigenvalue weighted by Gasteiger charge is -2.27. The van der Waals surface area contributed by atoms with E-state index in [1.807, 2.05) is 27.7 Å². The molecule has 0 bridgehead atoms. The molecule has 0 saturated heterocycles. The molecule has 1 aromatic rings. The molecule has 0 radical (unpaired) electrons. The lowest BCUT2D eigenvalue weighted by Crippen LogP contribution is -2.33. The van der Waals surface area contributed by atoms with Crippen LogP contribution in [0.25, 0.3) is 0 Å². The third-order valence-electron chi connectivity index (χ3n) is 3.43. The molecule has 0 saturated carbocycles. The third kappa shape index (κ3) is 3.83. The summed E-state index contributed by atoms with van der Waals surface area (Å²) in [6.45, 7) is 9.73. The van der Waals surface area contributed by atoms with Crippen molar-refractivity contribution in [2.45, 2.75) is 39.5 Å². The number of nitrogens with one attached hydrogen (secondary N) is 1. The summed E-state index contributed by atoms with van der Waals surface area (Å²) < 4.78 is 31.7. The molecular formula is C13H21NO5S. The van der Waals surface area contributed by atoms with E-state index in [-0.39, 0.29) is 34.3 Å². The predicted molar refractivity (Wildman–Crippen MR) is 74.2 cm³/mol. The Balaban J connectivity index is 2.92. The van der Waals surface area contributed by atoms with Crippen molar-refractivity contribution in [1.29, 1.82) is 0 Å². The molecule has 114 valence electrons. The van der Waals surface area contributed by atoms with E-state index in [9.17, 15) is 13.2 Å². The Morgan fingerprint density at radius 3 is 2.40 bits per heavy atom. The molecule has 20 heavy (non-hydrogen) atoms. The van der Waals surface area contributed by atoms with Gasteiger partial charge in [0.1, 0.15) is 10.7 Å². The average molecular weight is 303 g/mol. The van der Waals surface area contributed by atoms with Crippen molar-refractivity contribution in [3.63, 3.8) is 0 Å². The molecule has 1 unspecified atom stereocenters. The Hall–Kier alpha value is -1.34. The molecule has 1 aromatic heterocycles. The van der Waals surface area contributed by atoms with E-state index in [0.717, 1.165) is 6.07 Å². The van der Waals surface area contributed by atoms with Gasteiger partial charge in [0.25, 0.3) is 0 Å². The van der Waals surface area contributed by atoms with Crippen LogP contribution in [0.3, 0.4) is 0 Å². The zero-order chi connectivity index (χ0) is 15.7. The van der Waals surface area contributed by atoms with E-state index in [1.54, 1.807) is 0 Å². The van der Waals surface area contributed by atoms with Gasteiger partial charge in [0.2, 0.25) is 15.8 Å². The van der Waals surface area contributed by atoms with Gasteiger partial charge in [-0.05, 0) is 18.3 Å². The minimum Gasteiger partial charge on any atom is -0.475 e. The zero-order valence-electron chi connectivity index (χ0n) is 12.4. The van der Waals surface area contributed by atoms with Crippen molar-refractivity contribution in [2.24, 2.45) is 11.3 Å². The summed E-state index contributed by atoms with van der Waals surface area (Å²) >= 11 is 0. The third-order valence-corrected chi connectivity index (χ3v) is 4.96. The summed E-state index contributed by atoms with van der Waals surface area (Å²) in [6, 6.07) is 1.03. The minimum atomic E-state index is -3.77. The molecule has 0 amide bonds. The van der Waals surface area contributed by atoms with Crippen LogP contribution >= 0.6 is 0 Å². The van der Waals surface area contributed by atoms with Crippen LogP contribution in [-0.2, 0) is 10.0 Å². The molecule has 0 fully saturated rings. The molecule has 1 atom stereocenters. The van der Waals surface area contributed by atoms with E-state index < -0.39 is 16.0 Å². The highest BCUT2D eigenvalue weighted by atomic mass is 32.2. The van der Waals surface area contributed by atoms with Gasteiger partial charge in [-0.25, -0.2) is 17.9 Å². The quantitative estimate of drug-likeness (QED) is 0.869. The second-order valence-corrected chi connectivity index (χ2v) is 7.69. The van der Waals surface area contributed by atoms with Crippen LogP contribution in [0.4, 0.5) is 0 Å². The topological polar surface area (TPSA) is 96.6 Å². The number of carboxylic acids is 1. The predicted octanol–water partition coefficient (Wildman–Crippen LogP) is 2.25. The SMILES string of the molecule is Cc1oc(C(=O)O)cc1S(=O)(=O)NCC(C)C(C)(C)C. The molecule has 0 aliphatic heterocycles. The highest BCUT2D eigenvalue weighted by Crippen LogP contribution is 2.25. The van der Waals surface area contributed by atoms with Crippen LogP contribution < -0.4 is 4.72 Å². The Morgan fingerprint density at radius 2 is 2.00 bits per heavy atom. The molecule has 0 aliphatic carbocycles. The van der Waals surface area contributed by atoms with E-state index >= 15 is 0 Å². The maximum absolute atomic E-state index is 12.2. The summed E-state index contributed by atoms with van der Waals surface area (Å²) in [7, 11) is -3.77. The Morgan fingerprint density at radius 1 is 1.45 bits per heavy atom. The van der Waals surface area contributed by atoms with Crippen molar-refractivity contribution in [3.8, 4) is 0 Å². The van der Waals surface area contributed by atoms with Gasteiger partial charge in [-0.1, -0.05) is 27.7 Å². The number of furan rings is 1. The fourth-order valence-electron chi connectivity index (χ4n) is 1.46. The molecule has 0 spiro atoms. The van der Waals surface area contributed by atoms with E-state index in [4.69, 9.17) is 9.52 Å². The first-order valence-electron chi connectivity index (χ1n) is 6.28. The normalized spacial score (nSPS) is 14.2. The van der Waals surface area contributed by atoms with Crippen molar-refractivity contribution in [1.82, 2.24) is 4.72 Å². The van der Waals surface area contributed by atoms with Crippen LogP contribution in [0.15, 0.2) is 15.4 Å². The number of aromatic carboxylic acids is 1.